The van der Waals surface area contributed by atoms with Crippen molar-refractivity contribution in [3.05, 3.63) is 58.7 Å². The van der Waals surface area contributed by atoms with Gasteiger partial charge in [-0.05, 0) is 38.1 Å². The van der Waals surface area contributed by atoms with Crippen LogP contribution in [-0.4, -0.2) is 23.8 Å². The molecule has 33 heavy (non-hydrogen) atoms. The van der Waals surface area contributed by atoms with Gasteiger partial charge in [0.05, 0.1) is 11.9 Å². The van der Waals surface area contributed by atoms with Gasteiger partial charge in [-0.25, -0.2) is 0 Å². The van der Waals surface area contributed by atoms with Gasteiger partial charge in [-0.1, -0.05) is 23.3 Å². The number of carboxylic acid groups (broad SMARTS) is 2. The van der Waals surface area contributed by atoms with E-state index in [4.69, 9.17) is 0 Å². The van der Waals surface area contributed by atoms with Crippen molar-refractivity contribution < 1.29 is 70.8 Å². The number of rotatable bonds is 4. The zero-order valence-corrected chi connectivity index (χ0v) is 21.9. The fraction of sp³-hybridized carbons (Fsp3) is 0.200. The summed E-state index contributed by atoms with van der Waals surface area (Å²) in [6, 6.07) is 9.44. The van der Waals surface area contributed by atoms with Crippen molar-refractivity contribution in [2.75, 3.05) is 10.6 Å². The largest absolute Gasteiger partial charge is 2.00 e. The number of anilines is 2. The first-order chi connectivity index (χ1) is 13.0. The summed E-state index contributed by atoms with van der Waals surface area (Å²) in [6.07, 6.45) is 0. The minimum absolute atomic E-state index is 0. The second-order valence-electron chi connectivity index (χ2n) is 6.04. The van der Waals surface area contributed by atoms with Crippen molar-refractivity contribution in [3.63, 3.8) is 0 Å². The first-order valence-corrected chi connectivity index (χ1v) is 8.20. The molecule has 0 saturated carbocycles. The number of carbonyl (C=O) groups is 4. The predicted octanol–water partition coefficient (Wildman–Crippen LogP) is -3.06. The molecule has 2 aromatic rings. The molecular weight excluding hydrogens is 494 g/mol. The Labute approximate surface area is 203 Å². The Bertz CT molecular complexity index is 860. The molecule has 2 amide bonds. The van der Waals surface area contributed by atoms with E-state index in [2.05, 4.69) is 10.6 Å². The minimum Gasteiger partial charge on any atom is -0.545 e. The Balaban J connectivity index is -0.000000138. The van der Waals surface area contributed by atoms with Crippen molar-refractivity contribution in [1.82, 2.24) is 0 Å². The first kappa shape index (κ1) is 40.2. The molecule has 0 atom stereocenters. The van der Waals surface area contributed by atoms with Gasteiger partial charge in [0.15, 0.2) is 0 Å². The summed E-state index contributed by atoms with van der Waals surface area (Å²) < 4.78 is 0. The summed E-state index contributed by atoms with van der Waals surface area (Å²) >= 11 is 0. The van der Waals surface area contributed by atoms with E-state index < -0.39 is 11.9 Å². The van der Waals surface area contributed by atoms with Gasteiger partial charge < -0.3 is 52.3 Å². The average Bonchev–Trinajstić information content (AvgIpc) is 2.57. The third-order valence-corrected chi connectivity index (χ3v) is 3.41. The SMILES string of the molecule is CC(=O)Nc1ccc(C)cc1C(=O)[O-].CC(=O)Nc1ccc(C)cc1C(=O)[O-].[OH3+].[OH3+].[OH3+].[OH3+].[Zn+2]. The number of amides is 2. The molecule has 180 valence electrons. The van der Waals surface area contributed by atoms with Crippen molar-refractivity contribution in [2.24, 2.45) is 0 Å². The number of carboxylic acids is 2. The zero-order chi connectivity index (χ0) is 21.4. The minimum atomic E-state index is -1.29. The van der Waals surface area contributed by atoms with Gasteiger partial charge in [-0.15, -0.1) is 0 Å². The quantitative estimate of drug-likeness (QED) is 0.308. The molecule has 0 spiro atoms. The number of benzene rings is 2. The predicted molar refractivity (Wildman–Crippen MR) is 119 cm³/mol. The topological polar surface area (TPSA) is 270 Å². The molecule has 0 fully saturated rings. The second-order valence-corrected chi connectivity index (χ2v) is 6.04. The van der Waals surface area contributed by atoms with Gasteiger partial charge in [0.25, 0.3) is 0 Å². The van der Waals surface area contributed by atoms with Gasteiger partial charge in [0, 0.05) is 36.3 Å². The maximum Gasteiger partial charge on any atom is 2.00 e. The molecule has 0 aliphatic heterocycles. The van der Waals surface area contributed by atoms with E-state index >= 15 is 0 Å². The van der Waals surface area contributed by atoms with E-state index in [1.807, 2.05) is 0 Å². The van der Waals surface area contributed by atoms with Gasteiger partial charge in [0.1, 0.15) is 0 Å². The third kappa shape index (κ3) is 13.7. The summed E-state index contributed by atoms with van der Waals surface area (Å²) in [5, 5.41) is 26.2. The number of carbonyl (C=O) groups excluding carboxylic acids is 4. The monoisotopic (exact) mass is 524 g/mol. The molecule has 0 radical (unpaired) electrons. The van der Waals surface area contributed by atoms with Crippen LogP contribution in [0.1, 0.15) is 45.7 Å². The van der Waals surface area contributed by atoms with Crippen LogP contribution in [0.2, 0.25) is 0 Å². The molecule has 2 aromatic carbocycles. The maximum atomic E-state index is 10.7. The summed E-state index contributed by atoms with van der Waals surface area (Å²) in [5.41, 5.74) is 2.14. The fourth-order valence-corrected chi connectivity index (χ4v) is 2.25. The Morgan fingerprint density at radius 3 is 1.12 bits per heavy atom. The van der Waals surface area contributed by atoms with E-state index in [1.54, 1.807) is 38.1 Å². The van der Waals surface area contributed by atoms with Crippen molar-refractivity contribution in [3.8, 4) is 0 Å². The number of nitrogens with one attached hydrogen (secondary N) is 2. The van der Waals surface area contributed by atoms with Gasteiger partial charge in [-0.2, -0.15) is 0 Å². The number of hydrogen-bond acceptors (Lipinski definition) is 6. The second kappa shape index (κ2) is 18.4. The third-order valence-electron chi connectivity index (χ3n) is 3.41. The molecule has 14 N–H and O–H groups in total. The number of hydrogen-bond donors (Lipinski definition) is 2. The van der Waals surface area contributed by atoms with E-state index in [9.17, 15) is 29.4 Å². The van der Waals surface area contributed by atoms with E-state index in [1.165, 1.54) is 26.0 Å². The Kier molecular flexibility index (Phi) is 22.4. The summed E-state index contributed by atoms with van der Waals surface area (Å²) in [6.45, 7) is 6.17. The van der Waals surface area contributed by atoms with Crippen LogP contribution in [0, 0.1) is 13.8 Å². The Hall–Kier alpha value is -3.22. The molecule has 12 nitrogen and oxygen atoms in total. The molecule has 0 aliphatic carbocycles. The molecule has 0 unspecified atom stereocenters. The van der Waals surface area contributed by atoms with Gasteiger partial charge in [-0.3, -0.25) is 9.59 Å². The smallest absolute Gasteiger partial charge is 0.545 e. The molecule has 2 rings (SSSR count). The van der Waals surface area contributed by atoms with Gasteiger partial charge >= 0.3 is 19.5 Å². The number of aromatic carboxylic acids is 2. The molecule has 0 saturated heterocycles. The molecule has 0 aliphatic rings. The summed E-state index contributed by atoms with van der Waals surface area (Å²) in [4.78, 5) is 42.9. The molecule has 0 aromatic heterocycles. The van der Waals surface area contributed by atoms with E-state index in [0.29, 0.717) is 0 Å². The fourth-order valence-electron chi connectivity index (χ4n) is 2.25. The van der Waals surface area contributed by atoms with Crippen LogP contribution < -0.4 is 20.8 Å². The van der Waals surface area contributed by atoms with Crippen molar-refractivity contribution in [2.45, 2.75) is 27.7 Å². The van der Waals surface area contributed by atoms with Crippen molar-refractivity contribution >= 4 is 35.1 Å². The average molecular weight is 526 g/mol. The normalized spacial score (nSPS) is 8.12. The first-order valence-electron chi connectivity index (χ1n) is 8.20. The van der Waals surface area contributed by atoms with Crippen LogP contribution in [0.5, 0.6) is 0 Å². The van der Waals surface area contributed by atoms with Crippen LogP contribution in [-0.2, 0) is 51.0 Å². The van der Waals surface area contributed by atoms with Crippen LogP contribution in [0.15, 0.2) is 36.4 Å². The van der Waals surface area contributed by atoms with Crippen LogP contribution in [0.25, 0.3) is 0 Å². The van der Waals surface area contributed by atoms with Crippen LogP contribution >= 0.6 is 0 Å². The van der Waals surface area contributed by atoms with E-state index in [0.717, 1.165) is 11.1 Å². The zero-order valence-electron chi connectivity index (χ0n) is 18.9. The standard InChI is InChI=1S/2C10H11NO3.4H2O.Zn/c2*1-6-3-4-9(11-7(2)12)8(5-6)10(13)14;;;;;/h2*3-5H,1-2H3,(H,11,12)(H,13,14);4*1H2;/q;;;;;;+2/p+2. The van der Waals surface area contributed by atoms with Crippen LogP contribution in [0.3, 0.4) is 0 Å². The molecule has 0 heterocycles. The van der Waals surface area contributed by atoms with Crippen LogP contribution in [0.4, 0.5) is 11.4 Å². The maximum absolute atomic E-state index is 10.7. The molecule has 0 bridgehead atoms. The van der Waals surface area contributed by atoms with Gasteiger partial charge in [0.2, 0.25) is 11.8 Å². The Morgan fingerprint density at radius 1 is 0.636 bits per heavy atom. The summed E-state index contributed by atoms with van der Waals surface area (Å²) in [7, 11) is 0. The van der Waals surface area contributed by atoms with E-state index in [-0.39, 0.29) is 75.7 Å². The van der Waals surface area contributed by atoms with Crippen molar-refractivity contribution in [1.29, 1.82) is 0 Å². The molecule has 13 heteroatoms. The molecular formula is C20H32N2O10Zn+4. The summed E-state index contributed by atoms with van der Waals surface area (Å²) in [5.74, 6) is -3.21. The Morgan fingerprint density at radius 2 is 0.909 bits per heavy atom. The number of aryl methyl sites for hydroxylation is 2.